The minimum absolute atomic E-state index is 0.00491. The van der Waals surface area contributed by atoms with Crippen molar-refractivity contribution in [1.29, 1.82) is 0 Å². The number of benzene rings is 2. The van der Waals surface area contributed by atoms with Gasteiger partial charge >= 0.3 is 5.97 Å². The molecule has 8 rings (SSSR count). The van der Waals surface area contributed by atoms with Crippen LogP contribution in [0.2, 0.25) is 0 Å². The van der Waals surface area contributed by atoms with Crippen LogP contribution < -0.4 is 20.3 Å². The molecule has 2 aromatic carbocycles. The maximum absolute atomic E-state index is 16.1. The summed E-state index contributed by atoms with van der Waals surface area (Å²) in [6, 6.07) is 8.27. The summed E-state index contributed by atoms with van der Waals surface area (Å²) in [5, 5.41) is 37.5. The number of nitrogens with two attached hydrogens (primary N) is 1. The van der Waals surface area contributed by atoms with E-state index in [0.29, 0.717) is 41.9 Å². The monoisotopic (exact) mass is 744 g/mol. The average molecular weight is 745 g/mol. The molecule has 53 heavy (non-hydrogen) atoms. The maximum atomic E-state index is 16.1. The largest absolute Gasteiger partial charge is 0.493 e. The van der Waals surface area contributed by atoms with Crippen LogP contribution in [0.1, 0.15) is 41.7 Å². The number of hydrogen-bond acceptors (Lipinski definition) is 11. The predicted octanol–water partition coefficient (Wildman–Crippen LogP) is 3.46. The Balaban J connectivity index is 1.01. The van der Waals surface area contributed by atoms with Gasteiger partial charge in [0.25, 0.3) is 0 Å². The minimum Gasteiger partial charge on any atom is -0.493 e. The van der Waals surface area contributed by atoms with Crippen LogP contribution in [-0.4, -0.2) is 103 Å². The van der Waals surface area contributed by atoms with E-state index in [9.17, 15) is 24.6 Å². The summed E-state index contributed by atoms with van der Waals surface area (Å²) in [6.07, 6.45) is 4.98. The van der Waals surface area contributed by atoms with Gasteiger partial charge in [0.1, 0.15) is 23.8 Å². The normalized spacial score (nSPS) is 21.4. The SMILES string of the molecule is COc1c(N2C[C@H]3CCCN(C(=O)Cn4cc(Cn5c(O)c(N=NC(N)=S)c6ccccc65)nn4)[C@H]3C2)c(F)cc2c1N(C1CC1)CC(C(=O)O)C2=O. The number of carboxylic acids is 1. The highest BCUT2D eigenvalue weighted by Crippen LogP contribution is 2.50. The first-order valence-electron chi connectivity index (χ1n) is 17.4. The van der Waals surface area contributed by atoms with E-state index in [-0.39, 0.29) is 77.2 Å². The third kappa shape index (κ3) is 6.09. The second kappa shape index (κ2) is 13.4. The van der Waals surface area contributed by atoms with Crippen LogP contribution >= 0.6 is 12.2 Å². The number of piperidine rings is 1. The van der Waals surface area contributed by atoms with E-state index in [4.69, 9.17) is 22.7 Å². The Labute approximate surface area is 307 Å². The van der Waals surface area contributed by atoms with Crippen LogP contribution in [0.5, 0.6) is 11.6 Å². The molecule has 4 aromatic rings. The highest BCUT2D eigenvalue weighted by atomic mass is 32.1. The number of ketones is 1. The number of aliphatic carboxylic acids is 1. The van der Waals surface area contributed by atoms with Crippen molar-refractivity contribution in [1.82, 2.24) is 24.5 Å². The third-order valence-corrected chi connectivity index (χ3v) is 10.8. The number of thiocarbonyl (C=S) groups is 1. The molecule has 2 saturated heterocycles. The highest BCUT2D eigenvalue weighted by Gasteiger charge is 2.47. The third-order valence-electron chi connectivity index (χ3n) is 10.7. The fourth-order valence-corrected chi connectivity index (χ4v) is 8.26. The molecule has 0 bridgehead atoms. The summed E-state index contributed by atoms with van der Waals surface area (Å²) in [4.78, 5) is 44.7. The number of ether oxygens (including phenoxy) is 1. The number of fused-ring (bicyclic) bond motifs is 3. The van der Waals surface area contributed by atoms with E-state index < -0.39 is 23.5 Å². The van der Waals surface area contributed by atoms with Gasteiger partial charge in [-0.25, -0.2) is 9.07 Å². The number of carbonyl (C=O) groups is 3. The second-order valence-corrected chi connectivity index (χ2v) is 14.4. The number of Topliss-reactive ketones (excluding diaryl/α,β-unsaturated/α-hetero) is 1. The first-order chi connectivity index (χ1) is 25.5. The number of aromatic nitrogens is 4. The number of carbonyl (C=O) groups excluding carboxylic acids is 2. The van der Waals surface area contributed by atoms with Crippen molar-refractivity contribution < 1.29 is 33.7 Å². The Hall–Kier alpha value is -5.65. The van der Waals surface area contributed by atoms with Crippen molar-refractivity contribution in [2.75, 3.05) is 43.1 Å². The molecule has 0 spiro atoms. The number of carboxylic acid groups (broad SMARTS) is 1. The molecule has 1 unspecified atom stereocenters. The van der Waals surface area contributed by atoms with Gasteiger partial charge in [-0.1, -0.05) is 23.4 Å². The van der Waals surface area contributed by atoms with Crippen molar-refractivity contribution in [2.24, 2.45) is 27.8 Å². The standard InChI is InChI=1S/C35H37FN10O6S/c1-52-32-29-22(31(48)23(34(50)51)15-45(29)20-8-9-20)11-24(36)30(32)42-12-18-5-4-10-44(26(18)16-42)27(47)17-43-13-19(38-41-43)14-46-25-7-3-2-6-21(25)28(33(46)49)39-40-35(37)53/h2-3,6-7,11,13,18,20,23,26,49H,4-5,8-10,12,14-17H2,1H3,(H2,37,53)(H,50,51)/t18-,23?,26+/m1/s1. The van der Waals surface area contributed by atoms with Crippen LogP contribution in [0, 0.1) is 17.7 Å². The number of anilines is 2. The molecular weight excluding hydrogens is 708 g/mol. The lowest BCUT2D eigenvalue weighted by molar-refractivity contribution is -0.140. The van der Waals surface area contributed by atoms with Gasteiger partial charge in [0.05, 0.1) is 37.1 Å². The number of azo groups is 1. The first kappa shape index (κ1) is 34.4. The van der Waals surface area contributed by atoms with Gasteiger partial charge in [0.15, 0.2) is 23.0 Å². The van der Waals surface area contributed by atoms with E-state index in [0.717, 1.165) is 31.7 Å². The maximum Gasteiger partial charge on any atom is 0.316 e. The van der Waals surface area contributed by atoms with E-state index >= 15 is 4.39 Å². The number of likely N-dealkylation sites (tertiary alicyclic amines) is 1. The molecule has 18 heteroatoms. The molecule has 1 aliphatic carbocycles. The van der Waals surface area contributed by atoms with Crippen molar-refractivity contribution in [2.45, 2.75) is 50.9 Å². The van der Waals surface area contributed by atoms with E-state index in [2.05, 4.69) is 20.5 Å². The van der Waals surface area contributed by atoms with Crippen molar-refractivity contribution >= 4 is 63.0 Å². The lowest BCUT2D eigenvalue weighted by atomic mass is 9.89. The van der Waals surface area contributed by atoms with E-state index in [1.807, 2.05) is 32.9 Å². The van der Waals surface area contributed by atoms with Gasteiger partial charge in [-0.3, -0.25) is 14.4 Å². The van der Waals surface area contributed by atoms with Crippen molar-refractivity contribution in [3.63, 3.8) is 0 Å². The number of aromatic hydroxyl groups is 1. The lowest BCUT2D eigenvalue weighted by Crippen LogP contribution is -2.49. The number of para-hydroxylation sites is 1. The smallest absolute Gasteiger partial charge is 0.316 e. The highest BCUT2D eigenvalue weighted by molar-refractivity contribution is 7.80. The molecule has 3 fully saturated rings. The van der Waals surface area contributed by atoms with Crippen LogP contribution in [0.3, 0.4) is 0 Å². The van der Waals surface area contributed by atoms with Gasteiger partial charge in [-0.05, 0) is 56.0 Å². The average Bonchev–Trinajstić information content (AvgIpc) is 3.64. The summed E-state index contributed by atoms with van der Waals surface area (Å²) in [5.74, 6) is -3.81. The molecule has 0 radical (unpaired) electrons. The zero-order valence-electron chi connectivity index (χ0n) is 28.8. The number of rotatable bonds is 9. The van der Waals surface area contributed by atoms with Crippen LogP contribution in [-0.2, 0) is 22.7 Å². The van der Waals surface area contributed by atoms with Crippen LogP contribution in [0.25, 0.3) is 10.9 Å². The molecule has 3 aliphatic heterocycles. The Morgan fingerprint density at radius 1 is 1.15 bits per heavy atom. The molecule has 1 saturated carbocycles. The van der Waals surface area contributed by atoms with Gasteiger partial charge in [-0.2, -0.15) is 0 Å². The number of hydrogen-bond donors (Lipinski definition) is 3. The second-order valence-electron chi connectivity index (χ2n) is 14.0. The molecule has 4 N–H and O–H groups in total. The number of methoxy groups -OCH3 is 1. The molecule has 5 heterocycles. The molecule has 2 aromatic heterocycles. The summed E-state index contributed by atoms with van der Waals surface area (Å²) in [5.41, 5.74) is 7.56. The fourth-order valence-electron chi connectivity index (χ4n) is 8.22. The molecule has 16 nitrogen and oxygen atoms in total. The van der Waals surface area contributed by atoms with Crippen molar-refractivity contribution in [3.8, 4) is 11.6 Å². The molecule has 1 amide bonds. The first-order valence-corrected chi connectivity index (χ1v) is 17.8. The van der Waals surface area contributed by atoms with Crippen molar-refractivity contribution in [3.05, 3.63) is 53.6 Å². The Morgan fingerprint density at radius 3 is 2.68 bits per heavy atom. The zero-order chi connectivity index (χ0) is 37.1. The molecule has 3 atom stereocenters. The van der Waals surface area contributed by atoms with Gasteiger partial charge in [0.2, 0.25) is 16.9 Å². The Kier molecular flexibility index (Phi) is 8.71. The van der Waals surface area contributed by atoms with E-state index in [1.54, 1.807) is 16.8 Å². The zero-order valence-corrected chi connectivity index (χ0v) is 29.6. The fraction of sp³-hybridized carbons (Fsp3) is 0.429. The topological polar surface area (TPSA) is 197 Å². The van der Waals surface area contributed by atoms with Crippen LogP contribution in [0.15, 0.2) is 46.8 Å². The molecule has 276 valence electrons. The molecular formula is C35H37FN10O6S. The van der Waals surface area contributed by atoms with Gasteiger partial charge in [0, 0.05) is 43.2 Å². The minimum atomic E-state index is -1.28. The lowest BCUT2D eigenvalue weighted by Gasteiger charge is -2.37. The Morgan fingerprint density at radius 2 is 1.94 bits per heavy atom. The summed E-state index contributed by atoms with van der Waals surface area (Å²) >= 11 is 4.80. The van der Waals surface area contributed by atoms with Crippen LogP contribution in [0.4, 0.5) is 21.5 Å². The summed E-state index contributed by atoms with van der Waals surface area (Å²) < 4.78 is 25.0. The molecule has 4 aliphatic rings. The number of halogens is 1. The quantitative estimate of drug-likeness (QED) is 0.128. The number of amides is 1. The summed E-state index contributed by atoms with van der Waals surface area (Å²) in [6.45, 7) is 1.45. The number of nitrogens with zero attached hydrogens (tertiary/aromatic N) is 9. The van der Waals surface area contributed by atoms with E-state index in [1.165, 1.54) is 11.8 Å². The van der Waals surface area contributed by atoms with Gasteiger partial charge < -0.3 is 40.0 Å². The summed E-state index contributed by atoms with van der Waals surface area (Å²) in [7, 11) is 1.44. The predicted molar refractivity (Wildman–Crippen MR) is 193 cm³/mol. The Bertz CT molecular complexity index is 2200. The van der Waals surface area contributed by atoms with Gasteiger partial charge in [-0.15, -0.1) is 15.3 Å².